The van der Waals surface area contributed by atoms with Crippen LogP contribution in [0.1, 0.15) is 17.0 Å². The summed E-state index contributed by atoms with van der Waals surface area (Å²) in [6.45, 7) is -0.182. The molecule has 0 unspecified atom stereocenters. The van der Waals surface area contributed by atoms with Gasteiger partial charge in [-0.3, -0.25) is 5.32 Å². The molecule has 29 heavy (non-hydrogen) atoms. The first-order chi connectivity index (χ1) is 14.1. The molecule has 0 aromatic heterocycles. The Morgan fingerprint density at radius 1 is 0.862 bits per heavy atom. The average molecular weight is 389 g/mol. The predicted molar refractivity (Wildman–Crippen MR) is 108 cm³/mol. The number of hydrogen-bond acceptors (Lipinski definition) is 4. The number of carboxylic acids is 1. The summed E-state index contributed by atoms with van der Waals surface area (Å²) in [5, 5.41) is 11.3. The summed E-state index contributed by atoms with van der Waals surface area (Å²) in [6, 6.07) is 22.7. The van der Waals surface area contributed by atoms with Gasteiger partial charge in [0.2, 0.25) is 0 Å². The van der Waals surface area contributed by atoms with Crippen molar-refractivity contribution in [2.45, 2.75) is 5.92 Å². The van der Waals surface area contributed by atoms with Crippen LogP contribution in [0.2, 0.25) is 0 Å². The molecular weight excluding hydrogens is 370 g/mol. The molecule has 0 saturated heterocycles. The number of carbonyl (C=O) groups excluding carboxylic acids is 1. The highest BCUT2D eigenvalue weighted by Crippen LogP contribution is 2.44. The molecule has 6 heteroatoms. The molecule has 2 N–H and O–H groups in total. The van der Waals surface area contributed by atoms with Gasteiger partial charge < -0.3 is 14.6 Å². The second kappa shape index (κ2) is 8.06. The molecule has 1 aliphatic rings. The van der Waals surface area contributed by atoms with Gasteiger partial charge >= 0.3 is 12.1 Å². The zero-order chi connectivity index (χ0) is 20.2. The quantitative estimate of drug-likeness (QED) is 0.648. The Hall–Kier alpha value is -3.80. The third kappa shape index (κ3) is 4.06. The molecule has 0 atom stereocenters. The Labute approximate surface area is 167 Å². The molecule has 3 aromatic carbocycles. The maximum Gasteiger partial charge on any atom is 0.411 e. The summed E-state index contributed by atoms with van der Waals surface area (Å²) in [7, 11) is 0. The van der Waals surface area contributed by atoms with Gasteiger partial charge in [-0.1, -0.05) is 48.5 Å². The third-order valence-corrected chi connectivity index (χ3v) is 4.81. The van der Waals surface area contributed by atoms with E-state index in [-0.39, 0.29) is 12.5 Å². The van der Waals surface area contributed by atoms with E-state index in [0.29, 0.717) is 11.4 Å². The van der Waals surface area contributed by atoms with Crippen LogP contribution in [0.15, 0.2) is 72.8 Å². The van der Waals surface area contributed by atoms with Crippen molar-refractivity contribution in [1.29, 1.82) is 0 Å². The van der Waals surface area contributed by atoms with Gasteiger partial charge in [0.05, 0.1) is 0 Å². The molecule has 3 aromatic rings. The van der Waals surface area contributed by atoms with E-state index >= 15 is 0 Å². The molecule has 6 nitrogen and oxygen atoms in total. The molecule has 0 aliphatic heterocycles. The Bertz CT molecular complexity index is 1000. The number of hydrogen-bond donors (Lipinski definition) is 2. The van der Waals surface area contributed by atoms with Crippen LogP contribution >= 0.6 is 0 Å². The number of rotatable bonds is 6. The normalized spacial score (nSPS) is 12.0. The maximum atomic E-state index is 12.3. The fraction of sp³-hybridized carbons (Fsp3) is 0.130. The summed E-state index contributed by atoms with van der Waals surface area (Å²) >= 11 is 0. The number of anilines is 1. The minimum Gasteiger partial charge on any atom is -0.482 e. The smallest absolute Gasteiger partial charge is 0.411 e. The van der Waals surface area contributed by atoms with Crippen LogP contribution in [0.4, 0.5) is 10.5 Å². The van der Waals surface area contributed by atoms with E-state index in [1.54, 1.807) is 24.3 Å². The number of aliphatic carboxylic acids is 1. The number of carbonyl (C=O) groups is 2. The van der Waals surface area contributed by atoms with Crippen molar-refractivity contribution >= 4 is 17.7 Å². The fourth-order valence-corrected chi connectivity index (χ4v) is 3.53. The van der Waals surface area contributed by atoms with E-state index < -0.39 is 18.7 Å². The highest BCUT2D eigenvalue weighted by atomic mass is 16.5. The molecule has 146 valence electrons. The van der Waals surface area contributed by atoms with E-state index in [1.807, 2.05) is 24.3 Å². The summed E-state index contributed by atoms with van der Waals surface area (Å²) in [4.78, 5) is 22.8. The van der Waals surface area contributed by atoms with Crippen molar-refractivity contribution in [2.24, 2.45) is 0 Å². The molecule has 0 heterocycles. The first-order valence-electron chi connectivity index (χ1n) is 9.18. The summed E-state index contributed by atoms with van der Waals surface area (Å²) in [5.41, 5.74) is 5.19. The largest absolute Gasteiger partial charge is 0.482 e. The van der Waals surface area contributed by atoms with Crippen LogP contribution in [-0.4, -0.2) is 30.4 Å². The summed E-state index contributed by atoms with van der Waals surface area (Å²) in [6.07, 6.45) is -0.550. The molecule has 1 aliphatic carbocycles. The zero-order valence-corrected chi connectivity index (χ0v) is 15.5. The number of carboxylic acid groups (broad SMARTS) is 1. The Kier molecular flexibility index (Phi) is 5.16. The number of amides is 1. The lowest BCUT2D eigenvalue weighted by molar-refractivity contribution is -0.139. The Morgan fingerprint density at radius 2 is 1.45 bits per heavy atom. The zero-order valence-electron chi connectivity index (χ0n) is 15.5. The van der Waals surface area contributed by atoms with Crippen molar-refractivity contribution in [2.75, 3.05) is 18.5 Å². The number of ether oxygens (including phenoxy) is 2. The van der Waals surface area contributed by atoms with Crippen LogP contribution in [0.5, 0.6) is 5.75 Å². The number of benzene rings is 3. The first kappa shape index (κ1) is 18.6. The number of nitrogens with one attached hydrogen (secondary N) is 1. The van der Waals surface area contributed by atoms with Crippen LogP contribution < -0.4 is 10.1 Å². The Morgan fingerprint density at radius 3 is 2.03 bits per heavy atom. The Balaban J connectivity index is 1.38. The SMILES string of the molecule is O=C(O)COc1ccc(NC(=O)OCC2c3ccccc3-c3ccccc32)cc1. The minimum absolute atomic E-state index is 0.0000512. The van der Waals surface area contributed by atoms with Gasteiger partial charge in [0.15, 0.2) is 6.61 Å². The van der Waals surface area contributed by atoms with Crippen LogP contribution in [0, 0.1) is 0 Å². The van der Waals surface area contributed by atoms with Gasteiger partial charge in [0, 0.05) is 11.6 Å². The van der Waals surface area contributed by atoms with Crippen LogP contribution in [0.3, 0.4) is 0 Å². The van der Waals surface area contributed by atoms with Gasteiger partial charge in [-0.05, 0) is 46.5 Å². The lowest BCUT2D eigenvalue weighted by Gasteiger charge is -2.14. The first-order valence-corrected chi connectivity index (χ1v) is 9.18. The molecule has 1 amide bonds. The van der Waals surface area contributed by atoms with Gasteiger partial charge in [-0.25, -0.2) is 9.59 Å². The average Bonchev–Trinajstić information content (AvgIpc) is 3.05. The van der Waals surface area contributed by atoms with E-state index in [0.717, 1.165) is 11.1 Å². The predicted octanol–water partition coefficient (Wildman–Crippen LogP) is 4.51. The highest BCUT2D eigenvalue weighted by Gasteiger charge is 2.28. The van der Waals surface area contributed by atoms with Gasteiger partial charge in [0.1, 0.15) is 12.4 Å². The number of fused-ring (bicyclic) bond motifs is 3. The second-order valence-corrected chi connectivity index (χ2v) is 6.66. The van der Waals surface area contributed by atoms with Crippen molar-refractivity contribution in [3.8, 4) is 16.9 Å². The molecule has 0 saturated carbocycles. The lowest BCUT2D eigenvalue weighted by Crippen LogP contribution is -2.17. The van der Waals surface area contributed by atoms with Gasteiger partial charge in [-0.2, -0.15) is 0 Å². The molecular formula is C23H19NO5. The van der Waals surface area contributed by atoms with Crippen LogP contribution in [0.25, 0.3) is 11.1 Å². The molecule has 0 fully saturated rings. The van der Waals surface area contributed by atoms with Crippen molar-refractivity contribution in [3.63, 3.8) is 0 Å². The van der Waals surface area contributed by atoms with Crippen LogP contribution in [-0.2, 0) is 9.53 Å². The third-order valence-electron chi connectivity index (χ3n) is 4.81. The topological polar surface area (TPSA) is 84.9 Å². The monoisotopic (exact) mass is 389 g/mol. The molecule has 0 spiro atoms. The highest BCUT2D eigenvalue weighted by molar-refractivity contribution is 5.85. The standard InChI is InChI=1S/C23H19NO5/c25-22(26)14-28-16-11-9-15(10-12-16)24-23(27)29-13-21-19-7-3-1-5-17(19)18-6-2-4-8-20(18)21/h1-12,21H,13-14H2,(H,24,27)(H,25,26). The van der Waals surface area contributed by atoms with Crippen molar-refractivity contribution in [3.05, 3.63) is 83.9 Å². The maximum absolute atomic E-state index is 12.3. The molecule has 0 bridgehead atoms. The molecule has 0 radical (unpaired) electrons. The van der Waals surface area contributed by atoms with E-state index in [1.165, 1.54) is 11.1 Å². The van der Waals surface area contributed by atoms with Crippen molar-refractivity contribution < 1.29 is 24.2 Å². The van der Waals surface area contributed by atoms with E-state index in [4.69, 9.17) is 14.6 Å². The fourth-order valence-electron chi connectivity index (χ4n) is 3.53. The summed E-state index contributed by atoms with van der Waals surface area (Å²) in [5.74, 6) is -0.642. The van der Waals surface area contributed by atoms with Crippen molar-refractivity contribution in [1.82, 2.24) is 0 Å². The molecule has 4 rings (SSSR count). The lowest BCUT2D eigenvalue weighted by atomic mass is 9.98. The van der Waals surface area contributed by atoms with E-state index in [9.17, 15) is 9.59 Å². The van der Waals surface area contributed by atoms with Gasteiger partial charge in [0.25, 0.3) is 0 Å². The minimum atomic E-state index is -1.05. The van der Waals surface area contributed by atoms with Gasteiger partial charge in [-0.15, -0.1) is 0 Å². The summed E-state index contributed by atoms with van der Waals surface area (Å²) < 4.78 is 10.6. The second-order valence-electron chi connectivity index (χ2n) is 6.66. The van der Waals surface area contributed by atoms with E-state index in [2.05, 4.69) is 29.6 Å².